The number of carbonyl (C=O) groups is 5. The smallest absolute Gasteiger partial charge is 0.340 e. The van der Waals surface area contributed by atoms with E-state index in [0.29, 0.717) is 31.7 Å². The first-order valence-corrected chi connectivity index (χ1v) is 18.0. The average molecular weight is 867 g/mol. The van der Waals surface area contributed by atoms with Gasteiger partial charge in [-0.1, -0.05) is 66.3 Å². The van der Waals surface area contributed by atoms with Crippen molar-refractivity contribution in [3.63, 3.8) is 0 Å². The minimum absolute atomic E-state index is 0. The van der Waals surface area contributed by atoms with Crippen LogP contribution in [-0.2, 0) is 33.4 Å². The van der Waals surface area contributed by atoms with E-state index in [2.05, 4.69) is 54.5 Å². The van der Waals surface area contributed by atoms with Gasteiger partial charge in [-0.25, -0.2) is 37.2 Å². The molecule has 16 nitrogen and oxygen atoms in total. The van der Waals surface area contributed by atoms with Crippen molar-refractivity contribution in [2.45, 2.75) is 43.1 Å². The fourth-order valence-electron chi connectivity index (χ4n) is 3.96. The summed E-state index contributed by atoms with van der Waals surface area (Å²) < 4.78 is 9.17. The van der Waals surface area contributed by atoms with Gasteiger partial charge in [-0.15, -0.1) is 0 Å². The maximum atomic E-state index is 12.1. The van der Waals surface area contributed by atoms with Gasteiger partial charge >= 0.3 is 17.9 Å². The standard InChI is InChI=1S/C20H22N4O3.C16H18N4O2.C8H10O3.3CH4/c1-15(2)20(26)27-13-11-23-19(25)18(22-4)14-16-6-8-17(9-7-16)24(5)12-10-21-3;1-17-8-10-20(3)14-6-4-13(5-7-14)12-15(18-2)16(22)19-9-11-21;1-5(2)7(9)11-8(10)6(3)4;;;/h6-9,14H,1,10-13H2,2,5H3,(H,23,25);4-7,12,21H,8-11H2,3H3,(H,19,22);1,3H2,2,4H3;3*1H4/b18-14-;15-12-;;;;. The van der Waals surface area contributed by atoms with Crippen molar-refractivity contribution < 1.29 is 38.6 Å². The molecule has 0 saturated carbocycles. The first kappa shape index (κ1) is 61.9. The van der Waals surface area contributed by atoms with Crippen molar-refractivity contribution in [2.24, 2.45) is 0 Å². The number of hydrogen-bond acceptors (Lipinski definition) is 10. The van der Waals surface area contributed by atoms with Gasteiger partial charge in [0.05, 0.1) is 39.4 Å². The lowest BCUT2D eigenvalue weighted by Crippen LogP contribution is -2.28. The second kappa shape index (κ2) is 35.0. The Morgan fingerprint density at radius 3 is 1.29 bits per heavy atom. The van der Waals surface area contributed by atoms with Gasteiger partial charge in [0.25, 0.3) is 11.4 Å². The Balaban J connectivity index is -0.000000436. The number of rotatable bonds is 18. The van der Waals surface area contributed by atoms with Crippen LogP contribution in [0.3, 0.4) is 0 Å². The summed E-state index contributed by atoms with van der Waals surface area (Å²) in [6.45, 7) is 44.6. The number of nitrogens with one attached hydrogen (secondary N) is 2. The third-order valence-electron chi connectivity index (χ3n) is 7.32. The zero-order valence-electron chi connectivity index (χ0n) is 34.5. The summed E-state index contributed by atoms with van der Waals surface area (Å²) in [7, 11) is 3.80. The molecular formula is C47H62N8O8. The van der Waals surface area contributed by atoms with E-state index < -0.39 is 29.7 Å². The molecule has 0 heterocycles. The van der Waals surface area contributed by atoms with E-state index in [1.54, 1.807) is 12.1 Å². The summed E-state index contributed by atoms with van der Waals surface area (Å²) in [6, 6.07) is 14.7. The highest BCUT2D eigenvalue weighted by molar-refractivity contribution is 6.01. The summed E-state index contributed by atoms with van der Waals surface area (Å²) in [6.07, 6.45) is 2.99. The van der Waals surface area contributed by atoms with Crippen molar-refractivity contribution in [1.29, 1.82) is 0 Å². The van der Waals surface area contributed by atoms with Crippen LogP contribution in [0.15, 0.2) is 96.4 Å². The Hall–Kier alpha value is -7.79. The van der Waals surface area contributed by atoms with E-state index in [9.17, 15) is 24.0 Å². The van der Waals surface area contributed by atoms with Gasteiger partial charge in [0.15, 0.2) is 0 Å². The molecule has 2 amide bonds. The molecule has 2 aromatic carbocycles. The normalized spacial score (nSPS) is 9.56. The van der Waals surface area contributed by atoms with Gasteiger partial charge in [0.1, 0.15) is 6.61 Å². The second-order valence-electron chi connectivity index (χ2n) is 12.5. The van der Waals surface area contributed by atoms with Gasteiger partial charge in [0.2, 0.25) is 24.9 Å². The number of likely N-dealkylation sites (N-methyl/N-ethyl adjacent to an activating group) is 2. The highest BCUT2D eigenvalue weighted by Gasteiger charge is 2.12. The maximum absolute atomic E-state index is 12.1. The Morgan fingerprint density at radius 2 is 0.984 bits per heavy atom. The average Bonchev–Trinajstić information content (AvgIpc) is 3.23. The molecule has 0 aliphatic carbocycles. The number of aliphatic hydroxyl groups is 1. The lowest BCUT2D eigenvalue weighted by atomic mass is 10.1. The van der Waals surface area contributed by atoms with Crippen LogP contribution in [0.25, 0.3) is 31.5 Å². The van der Waals surface area contributed by atoms with Crippen LogP contribution in [-0.4, -0.2) is 101 Å². The number of carbonyl (C=O) groups excluding carboxylic acids is 5. The Bertz CT molecular complexity index is 2050. The van der Waals surface area contributed by atoms with Crippen LogP contribution in [0.4, 0.5) is 11.4 Å². The molecule has 0 bridgehead atoms. The summed E-state index contributed by atoms with van der Waals surface area (Å²) in [5.41, 5.74) is 3.96. The number of nitrogens with zero attached hydrogens (tertiary/aromatic N) is 6. The number of aliphatic hydroxyl groups excluding tert-OH is 1. The summed E-state index contributed by atoms with van der Waals surface area (Å²) in [5, 5.41) is 13.7. The summed E-state index contributed by atoms with van der Waals surface area (Å²) in [4.78, 5) is 73.4. The molecule has 0 radical (unpaired) electrons. The molecular weight excluding hydrogens is 805 g/mol. The van der Waals surface area contributed by atoms with Gasteiger partial charge in [0, 0.05) is 48.7 Å². The molecule has 0 atom stereocenters. The van der Waals surface area contributed by atoms with Crippen molar-refractivity contribution in [3.05, 3.63) is 153 Å². The number of amides is 2. The van der Waals surface area contributed by atoms with Crippen molar-refractivity contribution in [2.75, 3.05) is 76.4 Å². The number of benzene rings is 2. The van der Waals surface area contributed by atoms with E-state index in [-0.39, 0.29) is 76.7 Å². The van der Waals surface area contributed by atoms with Crippen LogP contribution in [0.2, 0.25) is 0 Å². The number of esters is 3. The fraction of sp³-hybridized carbons (Fsp3) is 0.340. The summed E-state index contributed by atoms with van der Waals surface area (Å²) >= 11 is 0. The van der Waals surface area contributed by atoms with Gasteiger partial charge < -0.3 is 44.7 Å². The zero-order valence-corrected chi connectivity index (χ0v) is 34.5. The zero-order chi connectivity index (χ0) is 45.6. The molecule has 16 heteroatoms. The number of ether oxygens (including phenoxy) is 2. The maximum Gasteiger partial charge on any atom is 0.340 e. The third-order valence-corrected chi connectivity index (χ3v) is 7.32. The van der Waals surface area contributed by atoms with Crippen LogP contribution >= 0.6 is 0 Å². The molecule has 0 spiro atoms. The predicted molar refractivity (Wildman–Crippen MR) is 251 cm³/mol. The van der Waals surface area contributed by atoms with Crippen LogP contribution in [0.5, 0.6) is 0 Å². The van der Waals surface area contributed by atoms with E-state index >= 15 is 0 Å². The van der Waals surface area contributed by atoms with Crippen molar-refractivity contribution >= 4 is 53.2 Å². The number of hydrogen-bond donors (Lipinski definition) is 3. The second-order valence-corrected chi connectivity index (χ2v) is 12.5. The fourth-order valence-corrected chi connectivity index (χ4v) is 3.96. The van der Waals surface area contributed by atoms with Gasteiger partial charge in [-0.05, 0) is 68.3 Å². The minimum Gasteiger partial charge on any atom is -0.460 e. The molecule has 0 unspecified atom stereocenters. The Labute approximate surface area is 374 Å². The topological polar surface area (TPSA) is 172 Å². The Morgan fingerprint density at radius 1 is 0.635 bits per heavy atom. The minimum atomic E-state index is -0.710. The summed E-state index contributed by atoms with van der Waals surface area (Å²) in [5.74, 6) is -2.97. The highest BCUT2D eigenvalue weighted by atomic mass is 16.6. The molecule has 63 heavy (non-hydrogen) atoms. The first-order chi connectivity index (χ1) is 28.4. The Kier molecular flexibility index (Phi) is 34.4. The van der Waals surface area contributed by atoms with E-state index in [4.69, 9.17) is 36.1 Å². The monoisotopic (exact) mass is 866 g/mol. The molecule has 0 saturated heterocycles. The molecule has 3 N–H and O–H groups in total. The van der Waals surface area contributed by atoms with E-state index in [1.165, 1.54) is 32.9 Å². The third kappa shape index (κ3) is 26.1. The quantitative estimate of drug-likeness (QED) is 0.0463. The largest absolute Gasteiger partial charge is 0.460 e. The molecule has 338 valence electrons. The van der Waals surface area contributed by atoms with Crippen LogP contribution in [0, 0.1) is 26.3 Å². The number of anilines is 2. The molecule has 0 aliphatic heterocycles. The molecule has 0 aromatic heterocycles. The SMILES string of the molecule is C.C.C.C=C(C)C(=O)OC(=O)C(=C)C.[C-]#[N+]CCN(C)c1ccc(/C=C(\[N+]#[C-])C(=O)NCCO)cc1.[C-]#[N+]CCN(C)c1ccc(/C=C(\[N+]#[C-])C(=O)NCCOC(=O)C(=C)C)cc1. The first-order valence-electron chi connectivity index (χ1n) is 18.0. The lowest BCUT2D eigenvalue weighted by Gasteiger charge is -2.16. The van der Waals surface area contributed by atoms with Crippen molar-refractivity contribution in [1.82, 2.24) is 10.6 Å². The predicted octanol–water partition coefficient (Wildman–Crippen LogP) is 7.07. The highest BCUT2D eigenvalue weighted by Crippen LogP contribution is 2.17. The van der Waals surface area contributed by atoms with Crippen LogP contribution in [0.1, 0.15) is 54.2 Å². The van der Waals surface area contributed by atoms with E-state index in [1.807, 2.05) is 60.3 Å². The van der Waals surface area contributed by atoms with Gasteiger partial charge in [-0.3, -0.25) is 9.59 Å². The lowest BCUT2D eigenvalue weighted by molar-refractivity contribution is -0.154. The van der Waals surface area contributed by atoms with Crippen LogP contribution < -0.4 is 20.4 Å². The molecule has 2 aromatic rings. The van der Waals surface area contributed by atoms with Crippen molar-refractivity contribution in [3.8, 4) is 0 Å². The molecule has 0 aliphatic rings. The molecule has 2 rings (SSSR count). The van der Waals surface area contributed by atoms with Gasteiger partial charge in [-0.2, -0.15) is 0 Å². The van der Waals surface area contributed by atoms with E-state index in [0.717, 1.165) is 16.9 Å². The molecule has 0 fully saturated rings.